The highest BCUT2D eigenvalue weighted by Gasteiger charge is 2.48. The Bertz CT molecular complexity index is 1730. The third kappa shape index (κ3) is 4.35. The van der Waals surface area contributed by atoms with Gasteiger partial charge >= 0.3 is 5.91 Å². The fourth-order valence-corrected chi connectivity index (χ4v) is 6.54. The van der Waals surface area contributed by atoms with Crippen LogP contribution in [0.3, 0.4) is 0 Å². The summed E-state index contributed by atoms with van der Waals surface area (Å²) in [6.07, 6.45) is 0.682. The van der Waals surface area contributed by atoms with E-state index in [0.717, 1.165) is 21.6 Å². The Labute approximate surface area is 240 Å². The number of thiazole rings is 1. The molecule has 1 saturated heterocycles. The van der Waals surface area contributed by atoms with Crippen LogP contribution >= 0.6 is 11.3 Å². The highest BCUT2D eigenvalue weighted by molar-refractivity contribution is 7.22. The lowest BCUT2D eigenvalue weighted by Gasteiger charge is -2.24. The van der Waals surface area contributed by atoms with Gasteiger partial charge in [0.05, 0.1) is 43.2 Å². The lowest BCUT2D eigenvalue weighted by atomic mass is 9.94. The summed E-state index contributed by atoms with van der Waals surface area (Å²) in [5.41, 5.74) is 3.50. The number of Topliss-reactive ketones (excluding diaryl/α,β-unsaturated/α-hetero) is 1. The normalized spacial score (nSPS) is 19.4. The largest absolute Gasteiger partial charge is 0.507 e. The lowest BCUT2D eigenvalue weighted by molar-refractivity contribution is -0.132. The molecule has 1 N–H and O–H groups in total. The second kappa shape index (κ2) is 10.1. The Hall–Kier alpha value is -4.57. The lowest BCUT2D eigenvalue weighted by Crippen LogP contribution is -2.29. The summed E-state index contributed by atoms with van der Waals surface area (Å²) in [4.78, 5) is 33.5. The van der Waals surface area contributed by atoms with Gasteiger partial charge in [-0.3, -0.25) is 14.5 Å². The van der Waals surface area contributed by atoms with Crippen LogP contribution in [-0.2, 0) is 16.0 Å². The van der Waals surface area contributed by atoms with Gasteiger partial charge in [0.2, 0.25) is 5.75 Å². The molecular weight excluding hydrogens is 544 g/mol. The van der Waals surface area contributed by atoms with Crippen molar-refractivity contribution in [1.29, 1.82) is 0 Å². The molecule has 6 rings (SSSR count). The number of anilines is 1. The average molecular weight is 573 g/mol. The second-order valence-electron chi connectivity index (χ2n) is 10.1. The number of carbonyl (C=O) groups excluding carboxylic acids is 2. The molecule has 2 aliphatic heterocycles. The number of rotatable bonds is 6. The summed E-state index contributed by atoms with van der Waals surface area (Å²) in [5.74, 6) is -0.115. The second-order valence-corrected chi connectivity index (χ2v) is 11.1. The number of ketones is 1. The maximum absolute atomic E-state index is 13.7. The molecule has 2 aliphatic rings. The number of hydrogen-bond donors (Lipinski definition) is 1. The van der Waals surface area contributed by atoms with Crippen molar-refractivity contribution in [2.24, 2.45) is 0 Å². The maximum Gasteiger partial charge on any atom is 0.301 e. The van der Waals surface area contributed by atoms with Crippen molar-refractivity contribution in [3.05, 3.63) is 76.4 Å². The fourth-order valence-electron chi connectivity index (χ4n) is 5.45. The predicted octanol–water partition coefficient (Wildman–Crippen LogP) is 5.58. The van der Waals surface area contributed by atoms with Crippen LogP contribution in [0.2, 0.25) is 0 Å². The van der Waals surface area contributed by atoms with E-state index in [9.17, 15) is 14.7 Å². The zero-order valence-corrected chi connectivity index (χ0v) is 24.0. The van der Waals surface area contributed by atoms with Crippen molar-refractivity contribution in [1.82, 2.24) is 4.98 Å². The zero-order chi connectivity index (χ0) is 29.0. The Morgan fingerprint density at radius 2 is 1.76 bits per heavy atom. The molecule has 4 aromatic rings. The number of aryl methyl sites for hydroxylation is 1. The quantitative estimate of drug-likeness (QED) is 0.181. The van der Waals surface area contributed by atoms with Crippen LogP contribution in [0.25, 0.3) is 16.0 Å². The Balaban J connectivity index is 1.59. The molecule has 1 fully saturated rings. The van der Waals surface area contributed by atoms with Crippen LogP contribution in [0.15, 0.2) is 54.1 Å². The van der Waals surface area contributed by atoms with E-state index < -0.39 is 17.7 Å². The van der Waals surface area contributed by atoms with Gasteiger partial charge in [0.25, 0.3) is 5.78 Å². The van der Waals surface area contributed by atoms with E-state index in [1.165, 1.54) is 37.6 Å². The van der Waals surface area contributed by atoms with Crippen molar-refractivity contribution in [3.8, 4) is 23.0 Å². The molecule has 1 aromatic heterocycles. The van der Waals surface area contributed by atoms with Gasteiger partial charge in [-0.15, -0.1) is 0 Å². The molecule has 210 valence electrons. The van der Waals surface area contributed by atoms with Crippen LogP contribution in [0.5, 0.6) is 23.0 Å². The van der Waals surface area contributed by atoms with E-state index in [-0.39, 0.29) is 17.4 Å². The Morgan fingerprint density at radius 1 is 1.02 bits per heavy atom. The molecule has 1 amide bonds. The summed E-state index contributed by atoms with van der Waals surface area (Å²) < 4.78 is 23.3. The van der Waals surface area contributed by atoms with Gasteiger partial charge in [-0.05, 0) is 73.0 Å². The molecule has 10 heteroatoms. The Morgan fingerprint density at radius 3 is 2.44 bits per heavy atom. The smallest absolute Gasteiger partial charge is 0.301 e. The van der Waals surface area contributed by atoms with E-state index in [1.807, 2.05) is 32.0 Å². The van der Waals surface area contributed by atoms with Gasteiger partial charge in [0.1, 0.15) is 17.6 Å². The Kier molecular flexibility index (Phi) is 6.57. The summed E-state index contributed by atoms with van der Waals surface area (Å²) in [6.45, 7) is 3.94. The van der Waals surface area contributed by atoms with E-state index >= 15 is 0 Å². The third-order valence-electron chi connectivity index (χ3n) is 7.36. The van der Waals surface area contributed by atoms with E-state index in [4.69, 9.17) is 23.9 Å². The number of ether oxygens (including phenoxy) is 4. The number of aromatic nitrogens is 1. The molecule has 41 heavy (non-hydrogen) atoms. The van der Waals surface area contributed by atoms with Gasteiger partial charge in [-0.2, -0.15) is 0 Å². The summed E-state index contributed by atoms with van der Waals surface area (Å²) in [7, 11) is 4.47. The number of methoxy groups -OCH3 is 3. The van der Waals surface area contributed by atoms with Crippen molar-refractivity contribution in [2.45, 2.75) is 32.4 Å². The van der Waals surface area contributed by atoms with Gasteiger partial charge < -0.3 is 24.1 Å². The summed E-state index contributed by atoms with van der Waals surface area (Å²) in [5, 5.41) is 12.0. The fraction of sp³-hybridized carbons (Fsp3) is 0.258. The highest BCUT2D eigenvalue weighted by Crippen LogP contribution is 2.48. The van der Waals surface area contributed by atoms with Crippen LogP contribution in [-0.4, -0.2) is 49.2 Å². The standard InChI is InChI=1S/C31H28N2O7S/c1-15-6-8-20-24(10-15)41-31(32-20)33-26(19-13-22(37-3)29(39-5)23(14-19)38-4)25(28(35)30(33)36)27(34)17-7-9-21-18(12-17)11-16(2)40-21/h6-10,12-14,16,26,34H,11H2,1-5H3/b27-25+/t16-,26-/m0/s1. The first kappa shape index (κ1) is 26.6. The first-order chi connectivity index (χ1) is 19.7. The first-order valence-corrected chi connectivity index (χ1v) is 13.8. The molecular formula is C31H28N2O7S. The minimum Gasteiger partial charge on any atom is -0.507 e. The van der Waals surface area contributed by atoms with Gasteiger partial charge in [0.15, 0.2) is 16.6 Å². The molecule has 0 spiro atoms. The number of aliphatic hydroxyl groups is 1. The number of amides is 1. The topological polar surface area (TPSA) is 107 Å². The van der Waals surface area contributed by atoms with Gasteiger partial charge in [-0.25, -0.2) is 4.98 Å². The van der Waals surface area contributed by atoms with Crippen molar-refractivity contribution < 1.29 is 33.6 Å². The molecule has 0 saturated carbocycles. The summed E-state index contributed by atoms with van der Waals surface area (Å²) in [6, 6.07) is 13.4. The third-order valence-corrected chi connectivity index (χ3v) is 8.37. The van der Waals surface area contributed by atoms with E-state index in [2.05, 4.69) is 0 Å². The van der Waals surface area contributed by atoms with Gasteiger partial charge in [-0.1, -0.05) is 17.4 Å². The number of aliphatic hydroxyl groups excluding tert-OH is 1. The highest BCUT2D eigenvalue weighted by atomic mass is 32.1. The van der Waals surface area contributed by atoms with Crippen molar-refractivity contribution in [3.63, 3.8) is 0 Å². The molecule has 0 unspecified atom stereocenters. The molecule has 9 nitrogen and oxygen atoms in total. The minimum atomic E-state index is -1.02. The van der Waals surface area contributed by atoms with Crippen molar-refractivity contribution >= 4 is 44.1 Å². The van der Waals surface area contributed by atoms with Crippen LogP contribution in [0, 0.1) is 6.92 Å². The number of nitrogens with zero attached hydrogens (tertiary/aromatic N) is 2. The number of hydrogen-bond acceptors (Lipinski definition) is 9. The molecule has 0 radical (unpaired) electrons. The van der Waals surface area contributed by atoms with Crippen LogP contribution in [0.1, 0.15) is 35.2 Å². The van der Waals surface area contributed by atoms with Gasteiger partial charge in [0, 0.05) is 12.0 Å². The predicted molar refractivity (Wildman–Crippen MR) is 155 cm³/mol. The summed E-state index contributed by atoms with van der Waals surface area (Å²) >= 11 is 1.30. The number of carbonyl (C=O) groups is 2. The molecule has 0 aliphatic carbocycles. The van der Waals surface area contributed by atoms with Crippen LogP contribution < -0.4 is 23.8 Å². The minimum absolute atomic E-state index is 0.00915. The zero-order valence-electron chi connectivity index (χ0n) is 23.2. The molecule has 3 heterocycles. The number of fused-ring (bicyclic) bond motifs is 2. The average Bonchev–Trinajstić information content (AvgIpc) is 3.63. The number of benzene rings is 3. The van der Waals surface area contributed by atoms with E-state index in [0.29, 0.717) is 45.4 Å². The first-order valence-electron chi connectivity index (χ1n) is 13.0. The monoisotopic (exact) mass is 572 g/mol. The molecule has 2 atom stereocenters. The maximum atomic E-state index is 13.7. The van der Waals surface area contributed by atoms with Crippen LogP contribution in [0.4, 0.5) is 5.13 Å². The van der Waals surface area contributed by atoms with E-state index in [1.54, 1.807) is 30.3 Å². The molecule has 0 bridgehead atoms. The SMILES string of the molecule is COc1cc([C@H]2/C(=C(\O)c3ccc4c(c3)C[C@H](C)O4)C(=O)C(=O)N2c2nc3ccc(C)cc3s2)cc(OC)c1OC. The van der Waals surface area contributed by atoms with Crippen molar-refractivity contribution in [2.75, 3.05) is 26.2 Å². The molecule has 3 aromatic carbocycles.